The van der Waals surface area contributed by atoms with Crippen LogP contribution in [0.5, 0.6) is 5.75 Å². The molecule has 1 aromatic heterocycles. The van der Waals surface area contributed by atoms with E-state index in [0.717, 1.165) is 0 Å². The number of carboxylic acids is 1. The minimum absolute atomic E-state index is 0.0170. The van der Waals surface area contributed by atoms with Crippen molar-refractivity contribution in [2.75, 3.05) is 6.61 Å². The molecule has 0 saturated heterocycles. The Labute approximate surface area is 125 Å². The molecule has 2 rings (SSSR count). The summed E-state index contributed by atoms with van der Waals surface area (Å²) in [4.78, 5) is 26.5. The average Bonchev–Trinajstić information content (AvgIpc) is 2.96. The minimum Gasteiger partial charge on any atom is -0.484 e. The zero-order valence-electron chi connectivity index (χ0n) is 11.3. The molecule has 0 aliphatic heterocycles. The summed E-state index contributed by atoms with van der Waals surface area (Å²) in [5, 5.41) is 13.5. The molecule has 6 nitrogen and oxygen atoms in total. The summed E-state index contributed by atoms with van der Waals surface area (Å²) in [6.45, 7) is 1.64. The number of aromatic carboxylic acids is 1. The third-order valence-corrected chi connectivity index (χ3v) is 3.63. The largest absolute Gasteiger partial charge is 0.484 e. The molecule has 2 aromatic rings. The number of hydrogen-bond acceptors (Lipinski definition) is 5. The molecule has 1 heterocycles. The Kier molecular flexibility index (Phi) is 4.89. The molecule has 1 atom stereocenters. The van der Waals surface area contributed by atoms with E-state index in [2.05, 4.69) is 10.3 Å². The molecule has 0 spiro atoms. The summed E-state index contributed by atoms with van der Waals surface area (Å²) in [5.74, 6) is -0.760. The molecular weight excluding hydrogens is 292 g/mol. The van der Waals surface area contributed by atoms with Crippen LogP contribution in [0.3, 0.4) is 0 Å². The Bertz CT molecular complexity index is 627. The van der Waals surface area contributed by atoms with Gasteiger partial charge < -0.3 is 15.2 Å². The highest BCUT2D eigenvalue weighted by Gasteiger charge is 2.16. The number of thiazole rings is 1. The molecule has 1 aromatic carbocycles. The second-order valence-electron chi connectivity index (χ2n) is 4.27. The van der Waals surface area contributed by atoms with Crippen molar-refractivity contribution >= 4 is 23.2 Å². The number of hydrogen-bond donors (Lipinski definition) is 2. The van der Waals surface area contributed by atoms with Gasteiger partial charge in [0.15, 0.2) is 12.3 Å². The second-order valence-corrected chi connectivity index (χ2v) is 5.16. The van der Waals surface area contributed by atoms with Crippen molar-refractivity contribution in [2.24, 2.45) is 0 Å². The van der Waals surface area contributed by atoms with Crippen molar-refractivity contribution in [3.8, 4) is 5.75 Å². The molecule has 1 amide bonds. The van der Waals surface area contributed by atoms with Crippen molar-refractivity contribution < 1.29 is 19.4 Å². The fourth-order valence-electron chi connectivity index (χ4n) is 1.60. The van der Waals surface area contributed by atoms with Gasteiger partial charge in [0.25, 0.3) is 5.91 Å². The van der Waals surface area contributed by atoms with Crippen LogP contribution in [0.4, 0.5) is 0 Å². The maximum atomic E-state index is 11.8. The number of carboxylic acid groups (broad SMARTS) is 1. The first kappa shape index (κ1) is 15.0. The van der Waals surface area contributed by atoms with Gasteiger partial charge in [-0.15, -0.1) is 11.3 Å². The first-order valence-corrected chi connectivity index (χ1v) is 7.10. The van der Waals surface area contributed by atoms with E-state index >= 15 is 0 Å². The maximum absolute atomic E-state index is 11.8. The summed E-state index contributed by atoms with van der Waals surface area (Å²) in [7, 11) is 0. The lowest BCUT2D eigenvalue weighted by molar-refractivity contribution is -0.123. The highest BCUT2D eigenvalue weighted by Crippen LogP contribution is 2.18. The summed E-state index contributed by atoms with van der Waals surface area (Å²) in [6, 6.07) is 8.65. The molecule has 7 heteroatoms. The van der Waals surface area contributed by atoms with E-state index in [9.17, 15) is 9.59 Å². The van der Waals surface area contributed by atoms with Gasteiger partial charge >= 0.3 is 5.97 Å². The van der Waals surface area contributed by atoms with Crippen molar-refractivity contribution in [2.45, 2.75) is 13.0 Å². The first-order chi connectivity index (χ1) is 10.1. The molecule has 1 unspecified atom stereocenters. The van der Waals surface area contributed by atoms with Gasteiger partial charge in [-0.05, 0) is 19.1 Å². The van der Waals surface area contributed by atoms with Crippen LogP contribution < -0.4 is 10.1 Å². The Balaban J connectivity index is 1.85. The number of para-hydroxylation sites is 1. The molecule has 0 bridgehead atoms. The molecule has 0 radical (unpaired) electrons. The molecule has 2 N–H and O–H groups in total. The quantitative estimate of drug-likeness (QED) is 0.853. The highest BCUT2D eigenvalue weighted by molar-refractivity contribution is 7.09. The van der Waals surface area contributed by atoms with Gasteiger partial charge in [0.2, 0.25) is 0 Å². The number of amides is 1. The number of carbonyl (C=O) groups is 2. The zero-order valence-corrected chi connectivity index (χ0v) is 12.1. The second kappa shape index (κ2) is 6.85. The van der Waals surface area contributed by atoms with E-state index in [1.165, 1.54) is 16.7 Å². The molecule has 110 valence electrons. The molecule has 0 aliphatic rings. The number of nitrogens with zero attached hydrogens (tertiary/aromatic N) is 1. The average molecular weight is 306 g/mol. The Morgan fingerprint density at radius 2 is 2.10 bits per heavy atom. The minimum atomic E-state index is -1.08. The summed E-state index contributed by atoms with van der Waals surface area (Å²) < 4.78 is 5.32. The van der Waals surface area contributed by atoms with Crippen molar-refractivity contribution in [1.82, 2.24) is 10.3 Å². The van der Waals surface area contributed by atoms with Crippen molar-refractivity contribution in [1.29, 1.82) is 0 Å². The standard InChI is InChI=1S/C14H14N2O4S/c1-9(13-16-11(8-21-13)14(18)19)15-12(17)7-20-10-5-3-2-4-6-10/h2-6,8-9H,7H2,1H3,(H,15,17)(H,18,19). The van der Waals surface area contributed by atoms with Crippen molar-refractivity contribution in [3.05, 3.63) is 46.4 Å². The zero-order chi connectivity index (χ0) is 15.2. The summed E-state index contributed by atoms with van der Waals surface area (Å²) in [5.41, 5.74) is -0.0170. The maximum Gasteiger partial charge on any atom is 0.355 e. The SMILES string of the molecule is CC(NC(=O)COc1ccccc1)c1nc(C(=O)O)cs1. The van der Waals surface area contributed by atoms with Crippen LogP contribution in [0.1, 0.15) is 28.5 Å². The topological polar surface area (TPSA) is 88.5 Å². The predicted octanol–water partition coefficient (Wildman–Crippen LogP) is 2.10. The molecular formula is C14H14N2O4S. The van der Waals surface area contributed by atoms with E-state index in [1.54, 1.807) is 19.1 Å². The summed E-state index contributed by atoms with van der Waals surface area (Å²) in [6.07, 6.45) is 0. The number of aromatic nitrogens is 1. The fraction of sp³-hybridized carbons (Fsp3) is 0.214. The summed E-state index contributed by atoms with van der Waals surface area (Å²) >= 11 is 1.19. The molecule has 0 saturated carbocycles. The van der Waals surface area contributed by atoms with Crippen LogP contribution in [-0.2, 0) is 4.79 Å². The monoisotopic (exact) mass is 306 g/mol. The van der Waals surface area contributed by atoms with E-state index in [-0.39, 0.29) is 24.2 Å². The highest BCUT2D eigenvalue weighted by atomic mass is 32.1. The van der Waals surface area contributed by atoms with Gasteiger partial charge in [0.05, 0.1) is 6.04 Å². The number of nitrogens with one attached hydrogen (secondary N) is 1. The Hall–Kier alpha value is -2.41. The van der Waals surface area contributed by atoms with Crippen LogP contribution in [0, 0.1) is 0 Å². The third kappa shape index (κ3) is 4.28. The van der Waals surface area contributed by atoms with E-state index in [1.807, 2.05) is 18.2 Å². The Morgan fingerprint density at radius 1 is 1.38 bits per heavy atom. The smallest absolute Gasteiger partial charge is 0.355 e. The normalized spacial score (nSPS) is 11.7. The van der Waals surface area contributed by atoms with Crippen LogP contribution >= 0.6 is 11.3 Å². The van der Waals surface area contributed by atoms with Gasteiger partial charge in [-0.2, -0.15) is 0 Å². The van der Waals surface area contributed by atoms with E-state index in [4.69, 9.17) is 9.84 Å². The lowest BCUT2D eigenvalue weighted by Crippen LogP contribution is -2.31. The molecule has 0 aliphatic carbocycles. The van der Waals surface area contributed by atoms with Crippen LogP contribution in [0.25, 0.3) is 0 Å². The lowest BCUT2D eigenvalue weighted by Gasteiger charge is -2.11. The van der Waals surface area contributed by atoms with Crippen LogP contribution in [0.15, 0.2) is 35.7 Å². The first-order valence-electron chi connectivity index (χ1n) is 6.22. The van der Waals surface area contributed by atoms with Crippen LogP contribution in [-0.4, -0.2) is 28.6 Å². The van der Waals surface area contributed by atoms with Gasteiger partial charge in [0.1, 0.15) is 10.8 Å². The van der Waals surface area contributed by atoms with Gasteiger partial charge in [-0.25, -0.2) is 9.78 Å². The number of rotatable bonds is 6. The van der Waals surface area contributed by atoms with E-state index in [0.29, 0.717) is 10.8 Å². The van der Waals surface area contributed by atoms with Crippen molar-refractivity contribution in [3.63, 3.8) is 0 Å². The van der Waals surface area contributed by atoms with Gasteiger partial charge in [0, 0.05) is 5.38 Å². The van der Waals surface area contributed by atoms with Gasteiger partial charge in [-0.1, -0.05) is 18.2 Å². The number of ether oxygens (including phenoxy) is 1. The Morgan fingerprint density at radius 3 is 2.71 bits per heavy atom. The van der Waals surface area contributed by atoms with Crippen LogP contribution in [0.2, 0.25) is 0 Å². The number of carbonyl (C=O) groups excluding carboxylic acids is 1. The lowest BCUT2D eigenvalue weighted by atomic mass is 10.3. The third-order valence-electron chi connectivity index (χ3n) is 2.60. The number of benzene rings is 1. The predicted molar refractivity (Wildman–Crippen MR) is 77.6 cm³/mol. The van der Waals surface area contributed by atoms with Gasteiger partial charge in [-0.3, -0.25) is 4.79 Å². The fourth-order valence-corrected chi connectivity index (χ4v) is 2.40. The molecule has 21 heavy (non-hydrogen) atoms. The van der Waals surface area contributed by atoms with E-state index < -0.39 is 5.97 Å². The molecule has 0 fully saturated rings.